The van der Waals surface area contributed by atoms with Crippen molar-refractivity contribution in [3.63, 3.8) is 0 Å². The van der Waals surface area contributed by atoms with Crippen molar-refractivity contribution in [2.45, 2.75) is 0 Å². The molecule has 130 valence electrons. The van der Waals surface area contributed by atoms with Crippen molar-refractivity contribution in [2.75, 3.05) is 0 Å². The minimum Gasteiger partial charge on any atom is -0.256 e. The smallest absolute Gasteiger partial charge is 0.113 e. The van der Waals surface area contributed by atoms with E-state index in [-0.39, 0.29) is 0 Å². The van der Waals surface area contributed by atoms with Crippen molar-refractivity contribution in [1.29, 1.82) is 0 Å². The number of aromatic nitrogens is 6. The maximum absolute atomic E-state index is 4.48. The quantitative estimate of drug-likeness (QED) is 0.434. The first-order valence-corrected chi connectivity index (χ1v) is 8.89. The van der Waals surface area contributed by atoms with Gasteiger partial charge in [-0.1, -0.05) is 24.3 Å². The molecular weight excluding hydrogens is 348 g/mol. The zero-order valence-electron chi connectivity index (χ0n) is 14.6. The summed E-state index contributed by atoms with van der Waals surface area (Å²) in [4.78, 5) is 8.67. The van der Waals surface area contributed by atoms with E-state index in [0.29, 0.717) is 11.4 Å². The fraction of sp³-hybridized carbons (Fsp3) is 0. The summed E-state index contributed by atoms with van der Waals surface area (Å²) >= 11 is 0. The Balaban J connectivity index is 1.58. The molecule has 0 fully saturated rings. The average molecular weight is 360 g/mol. The second kappa shape index (κ2) is 5.72. The zero-order valence-corrected chi connectivity index (χ0v) is 14.6. The van der Waals surface area contributed by atoms with Gasteiger partial charge in [0.05, 0.1) is 11.0 Å². The molecule has 0 atom stereocenters. The Bertz CT molecular complexity index is 1410. The summed E-state index contributed by atoms with van der Waals surface area (Å²) in [7, 11) is 0. The molecule has 6 heteroatoms. The molecule has 0 saturated carbocycles. The molecule has 2 aromatic carbocycles. The van der Waals surface area contributed by atoms with Crippen LogP contribution in [0.4, 0.5) is 0 Å². The van der Waals surface area contributed by atoms with Crippen LogP contribution in [0.15, 0.2) is 73.1 Å². The standard InChI is InChI=1S/C22H12N6/c1-5-17-15(9-11-23-17)21-13(1)3-7-19(25-27-21)20-8-4-14-2-6-18-16(10-12-24-18)22(14)28-26-20/h1-12H. The summed E-state index contributed by atoms with van der Waals surface area (Å²) in [5, 5.41) is 21.9. The van der Waals surface area contributed by atoms with Crippen molar-refractivity contribution in [2.24, 2.45) is 0 Å². The molecule has 0 spiro atoms. The van der Waals surface area contributed by atoms with Gasteiger partial charge < -0.3 is 0 Å². The molecule has 6 aromatic rings. The van der Waals surface area contributed by atoms with E-state index in [0.717, 1.165) is 43.6 Å². The number of rotatable bonds is 1. The lowest BCUT2D eigenvalue weighted by molar-refractivity contribution is 1.05. The van der Waals surface area contributed by atoms with E-state index in [9.17, 15) is 0 Å². The average Bonchev–Trinajstić information content (AvgIpc) is 3.28. The molecule has 0 radical (unpaired) electrons. The van der Waals surface area contributed by atoms with Gasteiger partial charge in [0.2, 0.25) is 0 Å². The Labute approximate surface area is 158 Å². The SMILES string of the molecule is c1cc2c(ccc3ccc(-c4ccc5ccc6nccc6c5nn4)nnc32)n1. The van der Waals surface area contributed by atoms with Crippen molar-refractivity contribution in [3.8, 4) is 11.4 Å². The summed E-state index contributed by atoms with van der Waals surface area (Å²) in [6, 6.07) is 19.8. The molecule has 6 rings (SSSR count). The number of benzene rings is 2. The van der Waals surface area contributed by atoms with E-state index in [1.54, 1.807) is 12.4 Å². The highest BCUT2D eigenvalue weighted by atomic mass is 15.1. The topological polar surface area (TPSA) is 77.3 Å². The van der Waals surface area contributed by atoms with Crippen LogP contribution in [0.25, 0.3) is 55.0 Å². The van der Waals surface area contributed by atoms with Crippen LogP contribution in [-0.2, 0) is 0 Å². The summed E-state index contributed by atoms with van der Waals surface area (Å²) in [6.07, 6.45) is 3.57. The monoisotopic (exact) mass is 360 g/mol. The van der Waals surface area contributed by atoms with Crippen LogP contribution in [0.5, 0.6) is 0 Å². The predicted octanol–water partition coefficient (Wildman–Crippen LogP) is 4.34. The van der Waals surface area contributed by atoms with Gasteiger partial charge >= 0.3 is 0 Å². The minimum atomic E-state index is 0.661. The summed E-state index contributed by atoms with van der Waals surface area (Å²) < 4.78 is 0. The first-order valence-electron chi connectivity index (χ1n) is 8.89. The molecule has 0 aliphatic rings. The van der Waals surface area contributed by atoms with Gasteiger partial charge in [-0.05, 0) is 36.4 Å². The summed E-state index contributed by atoms with van der Waals surface area (Å²) in [5.74, 6) is 0. The van der Waals surface area contributed by atoms with E-state index in [1.165, 1.54) is 0 Å². The molecule has 0 unspecified atom stereocenters. The van der Waals surface area contributed by atoms with Gasteiger partial charge in [-0.3, -0.25) is 9.97 Å². The second-order valence-electron chi connectivity index (χ2n) is 6.60. The fourth-order valence-corrected chi connectivity index (χ4v) is 3.54. The van der Waals surface area contributed by atoms with Gasteiger partial charge in [0, 0.05) is 33.9 Å². The van der Waals surface area contributed by atoms with Gasteiger partial charge in [-0.15, -0.1) is 20.4 Å². The first kappa shape index (κ1) is 15.0. The van der Waals surface area contributed by atoms with Gasteiger partial charge in [-0.2, -0.15) is 0 Å². The van der Waals surface area contributed by atoms with Crippen LogP contribution in [0.2, 0.25) is 0 Å². The van der Waals surface area contributed by atoms with Crippen molar-refractivity contribution in [1.82, 2.24) is 30.4 Å². The van der Waals surface area contributed by atoms with Crippen molar-refractivity contribution >= 4 is 43.6 Å². The lowest BCUT2D eigenvalue weighted by Crippen LogP contribution is -1.85. The predicted molar refractivity (Wildman–Crippen MR) is 109 cm³/mol. The Hall–Kier alpha value is -4.06. The van der Waals surface area contributed by atoms with E-state index in [4.69, 9.17) is 0 Å². The highest BCUT2D eigenvalue weighted by Crippen LogP contribution is 2.25. The highest BCUT2D eigenvalue weighted by molar-refractivity contribution is 6.04. The minimum absolute atomic E-state index is 0.661. The Morgan fingerprint density at radius 3 is 1.39 bits per heavy atom. The molecule has 0 bridgehead atoms. The fourth-order valence-electron chi connectivity index (χ4n) is 3.54. The zero-order chi connectivity index (χ0) is 18.5. The number of nitrogens with zero attached hydrogens (tertiary/aromatic N) is 6. The van der Waals surface area contributed by atoms with Gasteiger partial charge in [0.25, 0.3) is 0 Å². The molecule has 4 heterocycles. The van der Waals surface area contributed by atoms with Crippen molar-refractivity contribution < 1.29 is 0 Å². The third kappa shape index (κ3) is 2.21. The lowest BCUT2D eigenvalue weighted by atomic mass is 10.1. The molecular formula is C22H12N6. The van der Waals surface area contributed by atoms with Crippen LogP contribution >= 0.6 is 0 Å². The van der Waals surface area contributed by atoms with Crippen LogP contribution in [0.1, 0.15) is 0 Å². The van der Waals surface area contributed by atoms with E-state index >= 15 is 0 Å². The second-order valence-corrected chi connectivity index (χ2v) is 6.60. The third-order valence-corrected chi connectivity index (χ3v) is 4.98. The molecule has 6 nitrogen and oxygen atoms in total. The molecule has 0 amide bonds. The highest BCUT2D eigenvalue weighted by Gasteiger charge is 2.07. The first-order chi connectivity index (χ1) is 13.9. The molecule has 0 aliphatic carbocycles. The van der Waals surface area contributed by atoms with E-state index in [1.807, 2.05) is 60.7 Å². The molecule has 28 heavy (non-hydrogen) atoms. The van der Waals surface area contributed by atoms with Gasteiger partial charge in [-0.25, -0.2) is 0 Å². The van der Waals surface area contributed by atoms with Crippen LogP contribution in [0.3, 0.4) is 0 Å². The maximum Gasteiger partial charge on any atom is 0.113 e. The van der Waals surface area contributed by atoms with Gasteiger partial charge in [0.1, 0.15) is 22.4 Å². The molecule has 4 aromatic heterocycles. The van der Waals surface area contributed by atoms with Gasteiger partial charge in [0.15, 0.2) is 0 Å². The normalized spacial score (nSPS) is 11.6. The number of fused-ring (bicyclic) bond motifs is 6. The van der Waals surface area contributed by atoms with E-state index in [2.05, 4.69) is 30.4 Å². The lowest BCUT2D eigenvalue weighted by Gasteiger charge is -1.92. The number of hydrogen-bond donors (Lipinski definition) is 0. The Morgan fingerprint density at radius 1 is 0.429 bits per heavy atom. The summed E-state index contributed by atoms with van der Waals surface area (Å²) in [5.41, 5.74) is 4.80. The maximum atomic E-state index is 4.48. The summed E-state index contributed by atoms with van der Waals surface area (Å²) in [6.45, 7) is 0. The molecule has 0 N–H and O–H groups in total. The van der Waals surface area contributed by atoms with Crippen molar-refractivity contribution in [3.05, 3.63) is 73.1 Å². The Morgan fingerprint density at radius 2 is 0.893 bits per heavy atom. The van der Waals surface area contributed by atoms with E-state index < -0.39 is 0 Å². The molecule has 0 aliphatic heterocycles. The van der Waals surface area contributed by atoms with Crippen LogP contribution in [-0.4, -0.2) is 30.4 Å². The number of hydrogen-bond acceptors (Lipinski definition) is 6. The Kier molecular flexibility index (Phi) is 3.07. The van der Waals surface area contributed by atoms with Crippen LogP contribution < -0.4 is 0 Å². The van der Waals surface area contributed by atoms with Crippen LogP contribution in [0, 0.1) is 0 Å². The largest absolute Gasteiger partial charge is 0.256 e. The molecule has 0 saturated heterocycles. The third-order valence-electron chi connectivity index (χ3n) is 4.98.